The molecule has 0 unspecified atom stereocenters. The van der Waals surface area contributed by atoms with Crippen LogP contribution < -0.4 is 0 Å². The molecule has 0 bridgehead atoms. The van der Waals surface area contributed by atoms with Crippen LogP contribution in [-0.2, 0) is 0 Å². The van der Waals surface area contributed by atoms with E-state index in [9.17, 15) is 0 Å². The standard InChI is InChI=1S/C46H26N4O2/c1-3-13-27(14-4-1)42-31-25-26-32-40-34(20-12-24-38(40)52-43(32)41(31)29-17-7-9-21-35(29)47-42)46-49-44(28-15-5-2-6-16-28)48-45(50-46)33-19-11-23-37-39(33)30-18-8-10-22-36(30)51-37/h1-26H. The van der Waals surface area contributed by atoms with Crippen LogP contribution in [0.1, 0.15) is 0 Å². The van der Waals surface area contributed by atoms with E-state index in [1.165, 1.54) is 0 Å². The van der Waals surface area contributed by atoms with E-state index < -0.39 is 0 Å². The molecule has 242 valence electrons. The molecular formula is C46H26N4O2. The van der Waals surface area contributed by atoms with Gasteiger partial charge in [-0.25, -0.2) is 19.9 Å². The number of furan rings is 2. The summed E-state index contributed by atoms with van der Waals surface area (Å²) in [7, 11) is 0. The fourth-order valence-corrected chi connectivity index (χ4v) is 7.61. The van der Waals surface area contributed by atoms with Gasteiger partial charge in [-0.2, -0.15) is 0 Å². The van der Waals surface area contributed by atoms with Gasteiger partial charge in [-0.15, -0.1) is 0 Å². The zero-order chi connectivity index (χ0) is 34.2. The van der Waals surface area contributed by atoms with Crippen LogP contribution in [0, 0.1) is 0 Å². The van der Waals surface area contributed by atoms with Gasteiger partial charge in [-0.3, -0.25) is 0 Å². The molecule has 0 aliphatic heterocycles. The Bertz CT molecular complexity index is 3180. The molecule has 4 heterocycles. The number of rotatable bonds is 4. The highest BCUT2D eigenvalue weighted by Gasteiger charge is 2.22. The molecule has 0 amide bonds. The summed E-state index contributed by atoms with van der Waals surface area (Å²) in [5.41, 5.74) is 8.71. The van der Waals surface area contributed by atoms with Gasteiger partial charge in [0, 0.05) is 60.0 Å². The summed E-state index contributed by atoms with van der Waals surface area (Å²) in [6.07, 6.45) is 0. The molecule has 7 aromatic carbocycles. The van der Waals surface area contributed by atoms with Crippen molar-refractivity contribution in [2.75, 3.05) is 0 Å². The molecule has 0 radical (unpaired) electrons. The fraction of sp³-hybridized carbons (Fsp3) is 0. The predicted octanol–water partition coefficient (Wildman–Crippen LogP) is 12.0. The predicted molar refractivity (Wildman–Crippen MR) is 209 cm³/mol. The lowest BCUT2D eigenvalue weighted by molar-refractivity contribution is 0.669. The largest absolute Gasteiger partial charge is 0.456 e. The summed E-state index contributed by atoms with van der Waals surface area (Å²) in [5.74, 6) is 1.72. The Morgan fingerprint density at radius 1 is 0.327 bits per heavy atom. The van der Waals surface area contributed by atoms with Crippen molar-refractivity contribution >= 4 is 65.6 Å². The molecule has 0 atom stereocenters. The van der Waals surface area contributed by atoms with Crippen LogP contribution in [0.3, 0.4) is 0 Å². The van der Waals surface area contributed by atoms with Crippen molar-refractivity contribution in [1.29, 1.82) is 0 Å². The highest BCUT2D eigenvalue weighted by Crippen LogP contribution is 2.43. The van der Waals surface area contributed by atoms with E-state index >= 15 is 0 Å². The number of para-hydroxylation sites is 2. The van der Waals surface area contributed by atoms with Crippen LogP contribution in [0.4, 0.5) is 0 Å². The van der Waals surface area contributed by atoms with Gasteiger partial charge in [-0.05, 0) is 30.3 Å². The highest BCUT2D eigenvalue weighted by atomic mass is 16.3. The molecule has 11 aromatic rings. The molecule has 0 saturated carbocycles. The molecular weight excluding hydrogens is 641 g/mol. The van der Waals surface area contributed by atoms with E-state index in [2.05, 4.69) is 60.7 Å². The first-order chi connectivity index (χ1) is 25.8. The van der Waals surface area contributed by atoms with Gasteiger partial charge in [-0.1, -0.05) is 127 Å². The van der Waals surface area contributed by atoms with Crippen LogP contribution >= 0.6 is 0 Å². The smallest absolute Gasteiger partial charge is 0.164 e. The Balaban J connectivity index is 1.21. The number of pyridine rings is 1. The van der Waals surface area contributed by atoms with Gasteiger partial charge in [0.2, 0.25) is 0 Å². The van der Waals surface area contributed by atoms with E-state index in [0.29, 0.717) is 17.5 Å². The Morgan fingerprint density at radius 2 is 0.885 bits per heavy atom. The molecule has 0 aliphatic carbocycles. The van der Waals surface area contributed by atoms with Crippen molar-refractivity contribution in [2.24, 2.45) is 0 Å². The average Bonchev–Trinajstić information content (AvgIpc) is 3.80. The lowest BCUT2D eigenvalue weighted by Gasteiger charge is -2.11. The third-order valence-corrected chi connectivity index (χ3v) is 9.93. The van der Waals surface area contributed by atoms with Crippen LogP contribution in [-0.4, -0.2) is 19.9 Å². The second kappa shape index (κ2) is 11.2. The molecule has 0 N–H and O–H groups in total. The van der Waals surface area contributed by atoms with Gasteiger partial charge in [0.15, 0.2) is 17.5 Å². The second-order valence-electron chi connectivity index (χ2n) is 12.9. The van der Waals surface area contributed by atoms with Crippen LogP contribution in [0.5, 0.6) is 0 Å². The fourth-order valence-electron chi connectivity index (χ4n) is 7.61. The highest BCUT2D eigenvalue weighted by molar-refractivity contribution is 6.26. The van der Waals surface area contributed by atoms with Crippen molar-refractivity contribution < 1.29 is 8.83 Å². The summed E-state index contributed by atoms with van der Waals surface area (Å²) >= 11 is 0. The first kappa shape index (κ1) is 28.6. The average molecular weight is 667 g/mol. The number of nitrogens with zero attached hydrogens (tertiary/aromatic N) is 4. The molecule has 52 heavy (non-hydrogen) atoms. The maximum absolute atomic E-state index is 6.84. The van der Waals surface area contributed by atoms with Crippen molar-refractivity contribution in [1.82, 2.24) is 19.9 Å². The summed E-state index contributed by atoms with van der Waals surface area (Å²) in [4.78, 5) is 20.6. The topological polar surface area (TPSA) is 77.8 Å². The minimum atomic E-state index is 0.562. The van der Waals surface area contributed by atoms with Crippen molar-refractivity contribution in [3.8, 4) is 45.4 Å². The SMILES string of the molecule is c1ccc(-c2nc(-c3cccc4oc5ccccc5c34)nc(-c3cccc4oc5c(ccc6c(-c7ccccc7)nc7ccccc7c65)c34)n2)cc1. The van der Waals surface area contributed by atoms with Crippen molar-refractivity contribution in [3.05, 3.63) is 158 Å². The molecule has 0 saturated heterocycles. The molecule has 0 fully saturated rings. The molecule has 4 aromatic heterocycles. The van der Waals surface area contributed by atoms with Crippen LogP contribution in [0.25, 0.3) is 111 Å². The lowest BCUT2D eigenvalue weighted by atomic mass is 9.97. The first-order valence-corrected chi connectivity index (χ1v) is 17.2. The molecule has 6 nitrogen and oxygen atoms in total. The lowest BCUT2D eigenvalue weighted by Crippen LogP contribution is -2.00. The van der Waals surface area contributed by atoms with E-state index in [-0.39, 0.29) is 0 Å². The van der Waals surface area contributed by atoms with Gasteiger partial charge >= 0.3 is 0 Å². The zero-order valence-corrected chi connectivity index (χ0v) is 27.6. The second-order valence-corrected chi connectivity index (χ2v) is 12.9. The van der Waals surface area contributed by atoms with Crippen LogP contribution in [0.15, 0.2) is 167 Å². The summed E-state index contributed by atoms with van der Waals surface area (Å²) < 4.78 is 13.1. The van der Waals surface area contributed by atoms with E-state index in [4.69, 9.17) is 28.8 Å². The Kier molecular flexibility index (Phi) is 6.15. The number of benzene rings is 7. The molecule has 0 aliphatic rings. The maximum atomic E-state index is 6.84. The summed E-state index contributed by atoms with van der Waals surface area (Å²) in [6.45, 7) is 0. The zero-order valence-electron chi connectivity index (χ0n) is 27.6. The maximum Gasteiger partial charge on any atom is 0.164 e. The number of fused-ring (bicyclic) bond motifs is 10. The Morgan fingerprint density at radius 3 is 1.63 bits per heavy atom. The minimum absolute atomic E-state index is 0.562. The van der Waals surface area contributed by atoms with Crippen molar-refractivity contribution in [2.45, 2.75) is 0 Å². The van der Waals surface area contributed by atoms with Gasteiger partial charge in [0.1, 0.15) is 22.3 Å². The molecule has 6 heteroatoms. The Hall–Kier alpha value is -7.18. The van der Waals surface area contributed by atoms with Crippen molar-refractivity contribution in [3.63, 3.8) is 0 Å². The first-order valence-electron chi connectivity index (χ1n) is 17.2. The summed E-state index contributed by atoms with van der Waals surface area (Å²) in [5, 5.41) is 7.03. The van der Waals surface area contributed by atoms with Gasteiger partial charge in [0.25, 0.3) is 0 Å². The van der Waals surface area contributed by atoms with E-state index in [1.807, 2.05) is 97.1 Å². The quantitative estimate of drug-likeness (QED) is 0.174. The monoisotopic (exact) mass is 666 g/mol. The van der Waals surface area contributed by atoms with Crippen LogP contribution in [0.2, 0.25) is 0 Å². The molecule has 11 rings (SSSR count). The van der Waals surface area contributed by atoms with E-state index in [1.54, 1.807) is 0 Å². The number of hydrogen-bond donors (Lipinski definition) is 0. The summed E-state index contributed by atoms with van der Waals surface area (Å²) in [6, 6.07) is 53.2. The number of hydrogen-bond acceptors (Lipinski definition) is 6. The molecule has 0 spiro atoms. The van der Waals surface area contributed by atoms with Gasteiger partial charge < -0.3 is 8.83 Å². The third-order valence-electron chi connectivity index (χ3n) is 9.93. The normalized spacial score (nSPS) is 11.8. The Labute approximate surface area is 296 Å². The number of aromatic nitrogens is 4. The van der Waals surface area contributed by atoms with E-state index in [0.717, 1.165) is 93.5 Å². The van der Waals surface area contributed by atoms with Gasteiger partial charge in [0.05, 0.1) is 11.2 Å². The minimum Gasteiger partial charge on any atom is -0.456 e. The third kappa shape index (κ3) is 4.31.